The van der Waals surface area contributed by atoms with Crippen LogP contribution in [-0.4, -0.2) is 82.3 Å². The number of rotatable bonds is 47. The number of aliphatic carboxylic acids is 1. The molecule has 0 amide bonds. The first-order valence-electron chi connectivity index (χ1n) is 25.2. The standard InChI is InChI=1S/C50H92NO12P/c1-3-5-7-9-11-13-15-17-18-19-20-21-22-23-24-25-27-29-31-33-35-39-49(55)63-44(42-61-64(58,59)62-43-45(51)50(56)57)41-60-48(54)40-36-38-47(53)46(52)37-34-32-30-28-26-16-14-12-10-8-6-4-2/h12,14,26,28,32,34,44-47,52-53H,3-11,13,15-25,27,29-31,33,35-43,51H2,1-2H3,(H,56,57)(H,58,59)/b14-12-,28-26-,34-32-/t44-,45+,46?,47?/m1/s1. The summed E-state index contributed by atoms with van der Waals surface area (Å²) in [6, 6.07) is -1.56. The highest BCUT2D eigenvalue weighted by molar-refractivity contribution is 7.47. The summed E-state index contributed by atoms with van der Waals surface area (Å²) in [5.41, 5.74) is 5.33. The van der Waals surface area contributed by atoms with E-state index in [0.717, 1.165) is 38.5 Å². The van der Waals surface area contributed by atoms with Crippen molar-refractivity contribution in [3.63, 3.8) is 0 Å². The number of phosphoric acid groups is 1. The van der Waals surface area contributed by atoms with Gasteiger partial charge in [0.2, 0.25) is 0 Å². The minimum atomic E-state index is -4.79. The van der Waals surface area contributed by atoms with Gasteiger partial charge in [-0.25, -0.2) is 4.57 Å². The van der Waals surface area contributed by atoms with Crippen molar-refractivity contribution in [3.05, 3.63) is 36.5 Å². The second kappa shape index (κ2) is 44.5. The van der Waals surface area contributed by atoms with Gasteiger partial charge in [0, 0.05) is 12.8 Å². The van der Waals surface area contributed by atoms with E-state index in [1.807, 2.05) is 12.2 Å². The van der Waals surface area contributed by atoms with Crippen LogP contribution in [0.1, 0.15) is 219 Å². The number of hydrogen-bond donors (Lipinski definition) is 5. The van der Waals surface area contributed by atoms with Crippen LogP contribution in [0.5, 0.6) is 0 Å². The zero-order chi connectivity index (χ0) is 47.4. The molecule has 0 aliphatic rings. The van der Waals surface area contributed by atoms with Crippen LogP contribution >= 0.6 is 7.82 Å². The molecule has 0 aliphatic heterocycles. The molecule has 0 saturated carbocycles. The van der Waals surface area contributed by atoms with Crippen molar-refractivity contribution in [2.75, 3.05) is 19.8 Å². The van der Waals surface area contributed by atoms with E-state index in [1.165, 1.54) is 128 Å². The number of allylic oxidation sites excluding steroid dienone is 5. The third kappa shape index (κ3) is 42.3. The number of nitrogens with two attached hydrogens (primary N) is 1. The van der Waals surface area contributed by atoms with E-state index >= 15 is 0 Å². The fourth-order valence-electron chi connectivity index (χ4n) is 6.99. The van der Waals surface area contributed by atoms with Crippen molar-refractivity contribution in [1.82, 2.24) is 0 Å². The maximum absolute atomic E-state index is 12.7. The van der Waals surface area contributed by atoms with Crippen molar-refractivity contribution in [1.29, 1.82) is 0 Å². The third-order valence-electron chi connectivity index (χ3n) is 11.1. The van der Waals surface area contributed by atoms with E-state index in [1.54, 1.807) is 0 Å². The summed E-state index contributed by atoms with van der Waals surface area (Å²) < 4.78 is 32.6. The Morgan fingerprint density at radius 1 is 0.547 bits per heavy atom. The van der Waals surface area contributed by atoms with Crippen LogP contribution in [0.3, 0.4) is 0 Å². The lowest BCUT2D eigenvalue weighted by atomic mass is 10.0. The number of carbonyl (C=O) groups is 3. The Hall–Kier alpha value is -2.38. The van der Waals surface area contributed by atoms with Crippen molar-refractivity contribution >= 4 is 25.7 Å². The Labute approximate surface area is 388 Å². The lowest BCUT2D eigenvalue weighted by Crippen LogP contribution is -2.34. The van der Waals surface area contributed by atoms with Gasteiger partial charge in [-0.1, -0.05) is 192 Å². The van der Waals surface area contributed by atoms with Gasteiger partial charge in [0.05, 0.1) is 25.4 Å². The maximum atomic E-state index is 12.7. The van der Waals surface area contributed by atoms with Gasteiger partial charge in [-0.2, -0.15) is 0 Å². The Morgan fingerprint density at radius 3 is 1.50 bits per heavy atom. The van der Waals surface area contributed by atoms with Gasteiger partial charge in [-0.3, -0.25) is 23.4 Å². The van der Waals surface area contributed by atoms with Gasteiger partial charge in [0.1, 0.15) is 12.6 Å². The van der Waals surface area contributed by atoms with E-state index in [4.69, 9.17) is 24.8 Å². The highest BCUT2D eigenvalue weighted by Crippen LogP contribution is 2.43. The van der Waals surface area contributed by atoms with Crippen molar-refractivity contribution in [3.8, 4) is 0 Å². The first kappa shape index (κ1) is 61.6. The molecule has 0 spiro atoms. The number of aliphatic hydroxyl groups excluding tert-OH is 2. The Balaban J connectivity index is 4.44. The molecule has 0 radical (unpaired) electrons. The second-order valence-corrected chi connectivity index (χ2v) is 18.7. The molecule has 0 aromatic heterocycles. The Kier molecular flexibility index (Phi) is 42.8. The molecule has 0 rings (SSSR count). The van der Waals surface area contributed by atoms with Crippen LogP contribution in [0.2, 0.25) is 0 Å². The highest BCUT2D eigenvalue weighted by Gasteiger charge is 2.28. The number of carbonyl (C=O) groups excluding carboxylic acids is 2. The summed E-state index contributed by atoms with van der Waals surface area (Å²) in [5, 5.41) is 29.6. The summed E-state index contributed by atoms with van der Waals surface area (Å²) >= 11 is 0. The number of carboxylic acids is 1. The van der Waals surface area contributed by atoms with Gasteiger partial charge in [0.25, 0.3) is 0 Å². The van der Waals surface area contributed by atoms with Crippen LogP contribution in [0.4, 0.5) is 0 Å². The molecule has 3 unspecified atom stereocenters. The highest BCUT2D eigenvalue weighted by atomic mass is 31.2. The van der Waals surface area contributed by atoms with Crippen LogP contribution in [0.25, 0.3) is 0 Å². The van der Waals surface area contributed by atoms with Gasteiger partial charge >= 0.3 is 25.7 Å². The van der Waals surface area contributed by atoms with E-state index in [-0.39, 0.29) is 32.1 Å². The molecule has 0 heterocycles. The first-order valence-corrected chi connectivity index (χ1v) is 26.7. The monoisotopic (exact) mass is 930 g/mol. The fraction of sp³-hybridized carbons (Fsp3) is 0.820. The molecule has 0 aliphatic carbocycles. The van der Waals surface area contributed by atoms with Crippen LogP contribution in [0.15, 0.2) is 36.5 Å². The minimum Gasteiger partial charge on any atom is -0.480 e. The number of ether oxygens (including phenoxy) is 2. The average Bonchev–Trinajstić information content (AvgIpc) is 3.27. The molecule has 0 fully saturated rings. The minimum absolute atomic E-state index is 0.0902. The second-order valence-electron chi connectivity index (χ2n) is 17.3. The van der Waals surface area contributed by atoms with Crippen LogP contribution in [-0.2, 0) is 37.5 Å². The lowest BCUT2D eigenvalue weighted by molar-refractivity contribution is -0.161. The first-order chi connectivity index (χ1) is 30.9. The van der Waals surface area contributed by atoms with E-state index in [0.29, 0.717) is 6.42 Å². The number of phosphoric ester groups is 1. The van der Waals surface area contributed by atoms with Crippen molar-refractivity contribution in [2.24, 2.45) is 5.73 Å². The summed E-state index contributed by atoms with van der Waals surface area (Å²) in [6.45, 7) is 2.52. The number of carboxylic acid groups (broad SMARTS) is 1. The molecule has 0 aromatic rings. The molecule has 0 bridgehead atoms. The largest absolute Gasteiger partial charge is 0.480 e. The Morgan fingerprint density at radius 2 is 0.984 bits per heavy atom. The number of aliphatic hydroxyl groups is 2. The number of esters is 2. The lowest BCUT2D eigenvalue weighted by Gasteiger charge is -2.20. The summed E-state index contributed by atoms with van der Waals surface area (Å²) in [6.07, 6.45) is 42.4. The fourth-order valence-corrected chi connectivity index (χ4v) is 7.77. The zero-order valence-electron chi connectivity index (χ0n) is 40.1. The summed E-state index contributed by atoms with van der Waals surface area (Å²) in [7, 11) is -4.79. The van der Waals surface area contributed by atoms with Gasteiger partial charge in [0.15, 0.2) is 6.10 Å². The molecule has 374 valence electrons. The van der Waals surface area contributed by atoms with Crippen LogP contribution < -0.4 is 5.73 Å². The van der Waals surface area contributed by atoms with Crippen molar-refractivity contribution < 1.29 is 57.7 Å². The van der Waals surface area contributed by atoms with Gasteiger partial charge < -0.3 is 35.4 Å². The van der Waals surface area contributed by atoms with Gasteiger partial charge in [-0.15, -0.1) is 0 Å². The predicted molar refractivity (Wildman–Crippen MR) is 257 cm³/mol. The van der Waals surface area contributed by atoms with E-state index in [2.05, 4.69) is 42.7 Å². The Bertz CT molecular complexity index is 1260. The molecule has 6 N–H and O–H groups in total. The molecular formula is C50H92NO12P. The quantitative estimate of drug-likeness (QED) is 0.0167. The molecule has 5 atom stereocenters. The number of hydrogen-bond acceptors (Lipinski definition) is 11. The topological polar surface area (TPSA) is 212 Å². The molecular weight excluding hydrogens is 838 g/mol. The predicted octanol–water partition coefficient (Wildman–Crippen LogP) is 11.9. The molecule has 14 heteroatoms. The molecule has 64 heavy (non-hydrogen) atoms. The van der Waals surface area contributed by atoms with E-state index in [9.17, 15) is 34.1 Å². The summed E-state index contributed by atoms with van der Waals surface area (Å²) in [5.74, 6) is -2.68. The average molecular weight is 930 g/mol. The summed E-state index contributed by atoms with van der Waals surface area (Å²) in [4.78, 5) is 46.2. The smallest absolute Gasteiger partial charge is 0.472 e. The molecule has 0 aromatic carbocycles. The molecule has 0 saturated heterocycles. The van der Waals surface area contributed by atoms with Crippen molar-refractivity contribution in [2.45, 2.75) is 244 Å². The third-order valence-corrected chi connectivity index (χ3v) is 12.0. The normalized spacial score (nSPS) is 14.8. The maximum Gasteiger partial charge on any atom is 0.472 e. The van der Waals surface area contributed by atoms with E-state index < -0.39 is 69.9 Å². The van der Waals surface area contributed by atoms with Crippen LogP contribution in [0, 0.1) is 0 Å². The zero-order valence-corrected chi connectivity index (χ0v) is 41.0. The molecule has 13 nitrogen and oxygen atoms in total. The SMILES string of the molecule is CCCCC/C=C\C/C=C\C/C=C\CC(O)C(O)CCCC(=O)OC[C@H](COP(=O)(O)OC[C@H](N)C(=O)O)OC(=O)CCCCCCCCCCCCCCCCCCCCCCC. The van der Waals surface area contributed by atoms with Gasteiger partial charge in [-0.05, 0) is 51.4 Å². The number of unbranched alkanes of at least 4 members (excludes halogenated alkanes) is 23.